The summed E-state index contributed by atoms with van der Waals surface area (Å²) in [6, 6.07) is 10.8. The highest BCUT2D eigenvalue weighted by Crippen LogP contribution is 2.26. The smallest absolute Gasteiger partial charge is 0.256 e. The van der Waals surface area contributed by atoms with Gasteiger partial charge < -0.3 is 9.15 Å². The van der Waals surface area contributed by atoms with Crippen LogP contribution in [0.3, 0.4) is 0 Å². The Bertz CT molecular complexity index is 1040. The Balaban J connectivity index is 1.64. The molecule has 0 amide bonds. The number of ether oxygens (including phenoxy) is 1. The summed E-state index contributed by atoms with van der Waals surface area (Å²) in [7, 11) is -0.494. The normalized spacial score (nSPS) is 12.0. The van der Waals surface area contributed by atoms with Crippen molar-refractivity contribution in [3.63, 3.8) is 0 Å². The second-order valence-corrected chi connectivity index (χ2v) is 9.62. The van der Waals surface area contributed by atoms with Gasteiger partial charge in [0, 0.05) is 19.8 Å². The Labute approximate surface area is 163 Å². The number of hydrogen-bond acceptors (Lipinski definition) is 6. The van der Waals surface area contributed by atoms with E-state index < -0.39 is 10.0 Å². The van der Waals surface area contributed by atoms with E-state index in [0.29, 0.717) is 28.7 Å². The Morgan fingerprint density at radius 3 is 2.48 bits per heavy atom. The third-order valence-electron chi connectivity index (χ3n) is 3.89. The van der Waals surface area contributed by atoms with Crippen molar-refractivity contribution in [2.45, 2.75) is 24.0 Å². The van der Waals surface area contributed by atoms with Crippen LogP contribution in [-0.2, 0) is 10.0 Å². The molecule has 0 radical (unpaired) electrons. The molecule has 0 atom stereocenters. The standard InChI is InChI=1S/C19H22N2O4S2/c1-13-9-14(2)11-15(10-13)24-7-8-26-19-20-17-12-16(5-6-18(17)25-19)27(22,23)21(3)4/h5-6,9-12H,7-8H2,1-4H3. The first-order chi connectivity index (χ1) is 12.8. The fourth-order valence-corrected chi connectivity index (χ4v) is 4.20. The van der Waals surface area contributed by atoms with Crippen molar-refractivity contribution in [1.29, 1.82) is 0 Å². The number of rotatable bonds is 7. The number of nitrogens with zero attached hydrogens (tertiary/aromatic N) is 2. The average Bonchev–Trinajstić information content (AvgIpc) is 2.99. The lowest BCUT2D eigenvalue weighted by atomic mass is 10.1. The maximum atomic E-state index is 12.2. The summed E-state index contributed by atoms with van der Waals surface area (Å²) < 4.78 is 37.1. The van der Waals surface area contributed by atoms with Crippen LogP contribution in [0.25, 0.3) is 11.1 Å². The van der Waals surface area contributed by atoms with Gasteiger partial charge in [0.15, 0.2) is 5.58 Å². The van der Waals surface area contributed by atoms with E-state index in [1.807, 2.05) is 26.0 Å². The van der Waals surface area contributed by atoms with Crippen molar-refractivity contribution in [2.75, 3.05) is 26.5 Å². The van der Waals surface area contributed by atoms with Crippen molar-refractivity contribution < 1.29 is 17.6 Å². The number of hydrogen-bond donors (Lipinski definition) is 0. The number of thioether (sulfide) groups is 1. The van der Waals surface area contributed by atoms with Crippen molar-refractivity contribution in [1.82, 2.24) is 9.29 Å². The number of sulfonamides is 1. The molecular formula is C19H22N2O4S2. The van der Waals surface area contributed by atoms with Gasteiger partial charge in [0.05, 0.1) is 11.5 Å². The lowest BCUT2D eigenvalue weighted by Crippen LogP contribution is -2.22. The molecule has 6 nitrogen and oxygen atoms in total. The molecule has 0 N–H and O–H groups in total. The third-order valence-corrected chi connectivity index (χ3v) is 6.49. The minimum absolute atomic E-state index is 0.197. The molecule has 1 aromatic heterocycles. The maximum Gasteiger partial charge on any atom is 0.256 e. The van der Waals surface area contributed by atoms with Gasteiger partial charge >= 0.3 is 0 Å². The zero-order valence-corrected chi connectivity index (χ0v) is 17.4. The van der Waals surface area contributed by atoms with Gasteiger partial charge in [-0.05, 0) is 55.3 Å². The van der Waals surface area contributed by atoms with E-state index in [0.717, 1.165) is 5.75 Å². The second-order valence-electron chi connectivity index (χ2n) is 6.42. The maximum absolute atomic E-state index is 12.2. The molecule has 0 bridgehead atoms. The van der Waals surface area contributed by atoms with Crippen LogP contribution in [0.5, 0.6) is 5.75 Å². The number of oxazole rings is 1. The molecule has 0 spiro atoms. The molecular weight excluding hydrogens is 384 g/mol. The Morgan fingerprint density at radius 1 is 1.11 bits per heavy atom. The van der Waals surface area contributed by atoms with Crippen molar-refractivity contribution in [3.05, 3.63) is 47.5 Å². The summed E-state index contributed by atoms with van der Waals surface area (Å²) in [6.07, 6.45) is 0. The van der Waals surface area contributed by atoms with E-state index in [-0.39, 0.29) is 4.90 Å². The molecule has 27 heavy (non-hydrogen) atoms. The molecule has 1 heterocycles. The van der Waals surface area contributed by atoms with E-state index in [9.17, 15) is 8.42 Å². The lowest BCUT2D eigenvalue weighted by molar-refractivity contribution is 0.343. The van der Waals surface area contributed by atoms with Gasteiger partial charge in [-0.15, -0.1) is 0 Å². The summed E-state index contributed by atoms with van der Waals surface area (Å²) in [5, 5.41) is 0.494. The molecule has 3 aromatic rings. The number of benzene rings is 2. The molecule has 0 saturated heterocycles. The summed E-state index contributed by atoms with van der Waals surface area (Å²) in [5.74, 6) is 1.52. The van der Waals surface area contributed by atoms with E-state index >= 15 is 0 Å². The van der Waals surface area contributed by atoms with E-state index in [2.05, 4.69) is 11.1 Å². The molecule has 0 aliphatic rings. The molecule has 0 saturated carbocycles. The van der Waals surface area contributed by atoms with Crippen LogP contribution in [0, 0.1) is 13.8 Å². The second kappa shape index (κ2) is 7.92. The number of aryl methyl sites for hydroxylation is 2. The highest BCUT2D eigenvalue weighted by atomic mass is 32.2. The Morgan fingerprint density at radius 2 is 1.81 bits per heavy atom. The SMILES string of the molecule is Cc1cc(C)cc(OCCSc2nc3cc(S(=O)(=O)N(C)C)ccc3o2)c1. The minimum Gasteiger partial charge on any atom is -0.493 e. The lowest BCUT2D eigenvalue weighted by Gasteiger charge is -2.10. The molecule has 8 heteroatoms. The highest BCUT2D eigenvalue weighted by molar-refractivity contribution is 7.99. The zero-order valence-electron chi connectivity index (χ0n) is 15.7. The fourth-order valence-electron chi connectivity index (χ4n) is 2.62. The molecule has 3 rings (SSSR count). The minimum atomic E-state index is -3.49. The summed E-state index contributed by atoms with van der Waals surface area (Å²) in [6.45, 7) is 4.60. The predicted octanol–water partition coefficient (Wildman–Crippen LogP) is 3.87. The largest absolute Gasteiger partial charge is 0.493 e. The summed E-state index contributed by atoms with van der Waals surface area (Å²) in [5.41, 5.74) is 3.42. The van der Waals surface area contributed by atoms with Crippen LogP contribution < -0.4 is 4.74 Å². The van der Waals surface area contributed by atoms with E-state index in [4.69, 9.17) is 9.15 Å². The molecule has 0 fully saturated rings. The summed E-state index contributed by atoms with van der Waals surface area (Å²) >= 11 is 1.43. The van der Waals surface area contributed by atoms with Crippen LogP contribution in [0.1, 0.15) is 11.1 Å². The van der Waals surface area contributed by atoms with Gasteiger partial charge in [-0.25, -0.2) is 17.7 Å². The van der Waals surface area contributed by atoms with Gasteiger partial charge in [-0.1, -0.05) is 17.8 Å². The van der Waals surface area contributed by atoms with Crippen LogP contribution in [0.4, 0.5) is 0 Å². The van der Waals surface area contributed by atoms with Gasteiger partial charge in [-0.3, -0.25) is 0 Å². The van der Waals surface area contributed by atoms with Gasteiger partial charge in [-0.2, -0.15) is 0 Å². The van der Waals surface area contributed by atoms with Crippen molar-refractivity contribution >= 4 is 32.9 Å². The zero-order chi connectivity index (χ0) is 19.6. The van der Waals surface area contributed by atoms with Crippen LogP contribution in [0.15, 0.2) is 50.9 Å². The van der Waals surface area contributed by atoms with Gasteiger partial charge in [0.25, 0.3) is 5.22 Å². The molecule has 2 aromatic carbocycles. The fraction of sp³-hybridized carbons (Fsp3) is 0.316. The van der Waals surface area contributed by atoms with Crippen LogP contribution in [-0.4, -0.2) is 44.2 Å². The molecule has 0 aliphatic heterocycles. The Hall–Kier alpha value is -2.03. The van der Waals surface area contributed by atoms with E-state index in [1.54, 1.807) is 6.07 Å². The summed E-state index contributed by atoms with van der Waals surface area (Å²) in [4.78, 5) is 4.57. The van der Waals surface area contributed by atoms with Crippen molar-refractivity contribution in [3.8, 4) is 5.75 Å². The first-order valence-electron chi connectivity index (χ1n) is 8.43. The number of fused-ring (bicyclic) bond motifs is 1. The topological polar surface area (TPSA) is 72.6 Å². The quantitative estimate of drug-likeness (QED) is 0.438. The first kappa shape index (κ1) is 19.7. The predicted molar refractivity (Wildman–Crippen MR) is 107 cm³/mol. The van der Waals surface area contributed by atoms with Crippen LogP contribution in [0.2, 0.25) is 0 Å². The monoisotopic (exact) mass is 406 g/mol. The van der Waals surface area contributed by atoms with Crippen molar-refractivity contribution in [2.24, 2.45) is 0 Å². The van der Waals surface area contributed by atoms with Gasteiger partial charge in [0.1, 0.15) is 11.3 Å². The molecule has 0 unspecified atom stereocenters. The average molecular weight is 407 g/mol. The Kier molecular flexibility index (Phi) is 5.78. The van der Waals surface area contributed by atoms with E-state index in [1.165, 1.54) is 53.4 Å². The third kappa shape index (κ3) is 4.63. The van der Waals surface area contributed by atoms with Gasteiger partial charge in [0.2, 0.25) is 10.0 Å². The first-order valence-corrected chi connectivity index (χ1v) is 10.9. The highest BCUT2D eigenvalue weighted by Gasteiger charge is 2.19. The molecule has 144 valence electrons. The van der Waals surface area contributed by atoms with Crippen LogP contribution >= 0.6 is 11.8 Å². The number of aromatic nitrogens is 1. The molecule has 0 aliphatic carbocycles.